The van der Waals surface area contributed by atoms with Crippen LogP contribution >= 0.6 is 0 Å². The van der Waals surface area contributed by atoms with Crippen molar-refractivity contribution in [2.24, 2.45) is 0 Å². The van der Waals surface area contributed by atoms with Crippen LogP contribution in [0.4, 0.5) is 21.0 Å². The first-order valence-electron chi connectivity index (χ1n) is 11.0. The summed E-state index contributed by atoms with van der Waals surface area (Å²) in [6, 6.07) is 16.5. The van der Waals surface area contributed by atoms with Crippen molar-refractivity contribution < 1.29 is 19.1 Å². The molecule has 0 aromatic heterocycles. The van der Waals surface area contributed by atoms with Gasteiger partial charge in [0, 0.05) is 24.5 Å². The molecule has 4 atom stereocenters. The molecule has 0 bridgehead atoms. The maximum absolute atomic E-state index is 12.8. The van der Waals surface area contributed by atoms with E-state index in [1.807, 2.05) is 12.1 Å². The first-order chi connectivity index (χ1) is 15.6. The van der Waals surface area contributed by atoms with Crippen LogP contribution in [0.25, 0.3) is 0 Å². The standard InChI is InChI=1S/C24H26N4O4/c1-31-21(29)27-13-11-23-15-7-3-6-10-18(15)26-20-24(23,12-14-28(20)22(30)32-2)16-8-4-5-9-17(16)25-19(23)27/h3-10,19-20,25-26H,11-14H2,1-2H3/t19-,20-,23-,24-/m0/s1. The summed E-state index contributed by atoms with van der Waals surface area (Å²) in [7, 11) is 2.85. The minimum Gasteiger partial charge on any atom is -0.453 e. The van der Waals surface area contributed by atoms with E-state index >= 15 is 0 Å². The number of nitrogens with one attached hydrogen (secondary N) is 2. The van der Waals surface area contributed by atoms with E-state index in [2.05, 4.69) is 47.0 Å². The van der Waals surface area contributed by atoms with Gasteiger partial charge in [0.25, 0.3) is 0 Å². The van der Waals surface area contributed by atoms with Gasteiger partial charge in [-0.25, -0.2) is 9.59 Å². The minimum atomic E-state index is -0.440. The van der Waals surface area contributed by atoms with Crippen LogP contribution in [0.3, 0.4) is 0 Å². The Bertz CT molecular complexity index is 1040. The molecule has 0 radical (unpaired) electrons. The molecule has 4 aliphatic heterocycles. The molecule has 2 saturated heterocycles. The van der Waals surface area contributed by atoms with Gasteiger partial charge < -0.3 is 20.1 Å². The van der Waals surface area contributed by atoms with E-state index in [4.69, 9.17) is 9.47 Å². The lowest BCUT2D eigenvalue weighted by Crippen LogP contribution is -2.70. The summed E-state index contributed by atoms with van der Waals surface area (Å²) in [4.78, 5) is 29.3. The molecule has 0 saturated carbocycles. The molecule has 2 spiro atoms. The number of fused-ring (bicyclic) bond motifs is 2. The summed E-state index contributed by atoms with van der Waals surface area (Å²) in [5, 5.41) is 7.37. The summed E-state index contributed by atoms with van der Waals surface area (Å²) in [6.45, 7) is 1.14. The third-order valence-electron chi connectivity index (χ3n) is 8.07. The Morgan fingerprint density at radius 1 is 0.781 bits per heavy atom. The molecule has 0 aliphatic carbocycles. The van der Waals surface area contributed by atoms with Gasteiger partial charge in [-0.1, -0.05) is 36.4 Å². The molecule has 2 fully saturated rings. The topological polar surface area (TPSA) is 83.1 Å². The molecule has 8 nitrogen and oxygen atoms in total. The van der Waals surface area contributed by atoms with Crippen LogP contribution in [0.2, 0.25) is 0 Å². The van der Waals surface area contributed by atoms with E-state index in [0.717, 1.165) is 24.2 Å². The fraction of sp³-hybridized carbons (Fsp3) is 0.417. The molecule has 4 heterocycles. The minimum absolute atomic E-state index is 0.298. The van der Waals surface area contributed by atoms with Crippen molar-refractivity contribution in [1.82, 2.24) is 9.80 Å². The number of rotatable bonds is 0. The number of carbonyl (C=O) groups is 2. The predicted molar refractivity (Wildman–Crippen MR) is 119 cm³/mol. The Hall–Kier alpha value is -3.42. The Morgan fingerprint density at radius 3 is 1.59 bits per heavy atom. The summed E-state index contributed by atoms with van der Waals surface area (Å²) < 4.78 is 10.3. The van der Waals surface area contributed by atoms with Crippen molar-refractivity contribution in [3.05, 3.63) is 59.7 Å². The molecule has 2 amide bonds. The van der Waals surface area contributed by atoms with E-state index in [9.17, 15) is 9.59 Å². The Morgan fingerprint density at radius 2 is 1.19 bits per heavy atom. The van der Waals surface area contributed by atoms with E-state index < -0.39 is 10.8 Å². The summed E-state index contributed by atoms with van der Waals surface area (Å²) in [6.07, 6.45) is 0.242. The molecule has 2 N–H and O–H groups in total. The second kappa shape index (κ2) is 6.54. The second-order valence-electron chi connectivity index (χ2n) is 8.95. The van der Waals surface area contributed by atoms with Crippen molar-refractivity contribution in [3.63, 3.8) is 0 Å². The van der Waals surface area contributed by atoms with Crippen LogP contribution in [0.15, 0.2) is 48.5 Å². The average molecular weight is 434 g/mol. The van der Waals surface area contributed by atoms with Crippen molar-refractivity contribution in [1.29, 1.82) is 0 Å². The lowest BCUT2D eigenvalue weighted by atomic mass is 9.50. The number of hydrogen-bond donors (Lipinski definition) is 2. The number of amides is 2. The molecule has 6 rings (SSSR count). The van der Waals surface area contributed by atoms with Crippen LogP contribution < -0.4 is 10.6 Å². The first kappa shape index (κ1) is 19.3. The van der Waals surface area contributed by atoms with Gasteiger partial charge in [-0.05, 0) is 36.1 Å². The highest BCUT2D eigenvalue weighted by molar-refractivity contribution is 5.78. The van der Waals surface area contributed by atoms with Gasteiger partial charge in [-0.2, -0.15) is 0 Å². The maximum atomic E-state index is 12.8. The third-order valence-corrected chi connectivity index (χ3v) is 8.07. The molecular weight excluding hydrogens is 408 g/mol. The number of hydrogen-bond acceptors (Lipinski definition) is 6. The van der Waals surface area contributed by atoms with Crippen LogP contribution in [-0.4, -0.2) is 61.6 Å². The van der Waals surface area contributed by atoms with E-state index in [1.165, 1.54) is 25.3 Å². The highest BCUT2D eigenvalue weighted by Crippen LogP contribution is 2.66. The van der Waals surface area contributed by atoms with Crippen molar-refractivity contribution in [2.45, 2.75) is 36.0 Å². The number of para-hydroxylation sites is 2. The van der Waals surface area contributed by atoms with Gasteiger partial charge >= 0.3 is 12.2 Å². The van der Waals surface area contributed by atoms with Gasteiger partial charge in [0.2, 0.25) is 0 Å². The van der Waals surface area contributed by atoms with Gasteiger partial charge in [-0.15, -0.1) is 0 Å². The van der Waals surface area contributed by atoms with Gasteiger partial charge in [-0.3, -0.25) is 9.80 Å². The van der Waals surface area contributed by atoms with E-state index in [-0.39, 0.29) is 24.5 Å². The lowest BCUT2D eigenvalue weighted by Gasteiger charge is -2.60. The maximum Gasteiger partial charge on any atom is 0.411 e. The smallest absolute Gasteiger partial charge is 0.411 e. The van der Waals surface area contributed by atoms with E-state index in [0.29, 0.717) is 13.1 Å². The third kappa shape index (κ3) is 2.07. The van der Waals surface area contributed by atoms with Crippen LogP contribution in [-0.2, 0) is 20.3 Å². The largest absolute Gasteiger partial charge is 0.453 e. The van der Waals surface area contributed by atoms with Crippen LogP contribution in [0, 0.1) is 0 Å². The summed E-state index contributed by atoms with van der Waals surface area (Å²) in [5.41, 5.74) is 3.43. The number of carbonyl (C=O) groups excluding carboxylic acids is 2. The molecule has 2 aromatic rings. The molecule has 2 aromatic carbocycles. The monoisotopic (exact) mass is 434 g/mol. The number of benzene rings is 2. The van der Waals surface area contributed by atoms with Crippen LogP contribution in [0.1, 0.15) is 24.0 Å². The quantitative estimate of drug-likeness (QED) is 0.662. The van der Waals surface area contributed by atoms with E-state index in [1.54, 1.807) is 9.80 Å². The SMILES string of the molecule is COC(=O)N1CC[C@@]23c4ccccc4N[C@H]4N(C(=O)OC)CC[C@]42c2ccccc2N[C@@H]13. The lowest BCUT2D eigenvalue weighted by molar-refractivity contribution is 0.0744. The Kier molecular flexibility index (Phi) is 3.94. The molecule has 166 valence electrons. The van der Waals surface area contributed by atoms with Gasteiger partial charge in [0.05, 0.1) is 25.0 Å². The van der Waals surface area contributed by atoms with Crippen molar-refractivity contribution >= 4 is 23.6 Å². The molecule has 4 aliphatic rings. The highest BCUT2D eigenvalue weighted by Gasteiger charge is 2.73. The first-order valence-corrected chi connectivity index (χ1v) is 11.0. The summed E-state index contributed by atoms with van der Waals surface area (Å²) in [5.74, 6) is 0. The molecule has 32 heavy (non-hydrogen) atoms. The Labute approximate surface area is 186 Å². The number of nitrogens with zero attached hydrogens (tertiary/aromatic N) is 2. The number of anilines is 2. The predicted octanol–water partition coefficient (Wildman–Crippen LogP) is 3.31. The zero-order valence-electron chi connectivity index (χ0n) is 18.1. The molecule has 0 unspecified atom stereocenters. The number of likely N-dealkylation sites (tertiary alicyclic amines) is 2. The van der Waals surface area contributed by atoms with Crippen molar-refractivity contribution in [2.75, 3.05) is 37.9 Å². The normalized spacial score (nSPS) is 31.2. The van der Waals surface area contributed by atoms with Crippen molar-refractivity contribution in [3.8, 4) is 0 Å². The highest BCUT2D eigenvalue weighted by atomic mass is 16.5. The zero-order chi connectivity index (χ0) is 22.1. The summed E-state index contributed by atoms with van der Waals surface area (Å²) >= 11 is 0. The zero-order valence-corrected chi connectivity index (χ0v) is 18.1. The van der Waals surface area contributed by atoms with Crippen LogP contribution in [0.5, 0.6) is 0 Å². The van der Waals surface area contributed by atoms with Gasteiger partial charge in [0.1, 0.15) is 12.3 Å². The molecule has 8 heteroatoms. The fourth-order valence-electron chi connectivity index (χ4n) is 6.96. The van der Waals surface area contributed by atoms with Gasteiger partial charge in [0.15, 0.2) is 0 Å². The second-order valence-corrected chi connectivity index (χ2v) is 8.95. The molecular formula is C24H26N4O4. The number of ether oxygens (including phenoxy) is 2. The fourth-order valence-corrected chi connectivity index (χ4v) is 6.96. The number of methoxy groups -OCH3 is 2. The average Bonchev–Trinajstić information content (AvgIpc) is 3.40. The Balaban J connectivity index is 1.67.